The summed E-state index contributed by atoms with van der Waals surface area (Å²) in [5, 5.41) is 30.6. The number of nitrogens with zero attached hydrogens (tertiary/aromatic N) is 7. The van der Waals surface area contributed by atoms with E-state index in [4.69, 9.17) is 9.26 Å². The van der Waals surface area contributed by atoms with Crippen molar-refractivity contribution in [3.63, 3.8) is 0 Å². The second-order valence-corrected chi connectivity index (χ2v) is 7.83. The Morgan fingerprint density at radius 2 is 2.00 bits per heavy atom. The summed E-state index contributed by atoms with van der Waals surface area (Å²) < 4.78 is 12.5. The van der Waals surface area contributed by atoms with Gasteiger partial charge in [-0.3, -0.25) is 14.3 Å². The van der Waals surface area contributed by atoms with Crippen LogP contribution in [0.15, 0.2) is 35.2 Å². The highest BCUT2D eigenvalue weighted by molar-refractivity contribution is 5.85. The minimum atomic E-state index is -1.44. The molecule has 5 heterocycles. The predicted molar refractivity (Wildman–Crippen MR) is 121 cm³/mol. The minimum absolute atomic E-state index is 0.121. The molecule has 1 amide bonds. The third-order valence-corrected chi connectivity index (χ3v) is 5.49. The van der Waals surface area contributed by atoms with Crippen LogP contribution in [0.1, 0.15) is 19.6 Å². The fourth-order valence-electron chi connectivity index (χ4n) is 3.73. The normalized spacial score (nSPS) is 21.9. The zero-order chi connectivity index (χ0) is 24.5. The van der Waals surface area contributed by atoms with E-state index < -0.39 is 30.4 Å². The number of aliphatic hydroxyl groups excluding tert-OH is 2. The molecule has 1 saturated heterocycles. The van der Waals surface area contributed by atoms with Crippen LogP contribution in [0, 0.1) is 0 Å². The van der Waals surface area contributed by atoms with E-state index in [0.717, 1.165) is 6.42 Å². The Hall–Kier alpha value is -4.01. The van der Waals surface area contributed by atoms with Gasteiger partial charge in [-0.05, 0) is 18.6 Å². The van der Waals surface area contributed by atoms with Gasteiger partial charge in [0.25, 0.3) is 11.8 Å². The molecule has 14 heteroatoms. The number of carbonyl (C=O) groups excluding carboxylic acids is 1. The standard InChI is InChI=1S/C21H23N9O5/c1-3-7-24-15-11-18(30(9-25-11)21-13(32)12(31)14(34-21)19(33)22-2)27-16(26-15)17-28-20(35-29-17)10-6-4-5-8-23-10/h4-6,8-9,12-14,21,31-32H,3,7H2,1-2H3,(H,22,33)(H,24,26,27)/t12-,13+,14-,21+/m0/s1. The molecule has 1 aliphatic heterocycles. The first-order chi connectivity index (χ1) is 17.0. The lowest BCUT2D eigenvalue weighted by molar-refractivity contribution is -0.137. The molecule has 35 heavy (non-hydrogen) atoms. The van der Waals surface area contributed by atoms with Crippen LogP contribution in [0.3, 0.4) is 0 Å². The van der Waals surface area contributed by atoms with Crippen molar-refractivity contribution < 1.29 is 24.3 Å². The number of hydrogen-bond acceptors (Lipinski definition) is 12. The number of anilines is 1. The quantitative estimate of drug-likeness (QED) is 0.280. The van der Waals surface area contributed by atoms with Crippen LogP contribution in [-0.4, -0.2) is 82.7 Å². The Kier molecular flexibility index (Phi) is 6.07. The maximum absolute atomic E-state index is 12.1. The molecule has 0 aromatic carbocycles. The maximum Gasteiger partial charge on any atom is 0.276 e. The summed E-state index contributed by atoms with van der Waals surface area (Å²) >= 11 is 0. The van der Waals surface area contributed by atoms with Crippen molar-refractivity contribution >= 4 is 22.9 Å². The number of hydrogen-bond donors (Lipinski definition) is 4. The van der Waals surface area contributed by atoms with Crippen LogP contribution < -0.4 is 10.6 Å². The van der Waals surface area contributed by atoms with E-state index in [1.807, 2.05) is 6.92 Å². The number of carbonyl (C=O) groups is 1. The Balaban J connectivity index is 1.58. The molecule has 4 atom stereocenters. The monoisotopic (exact) mass is 481 g/mol. The summed E-state index contributed by atoms with van der Waals surface area (Å²) in [6.45, 7) is 2.62. The molecule has 0 aliphatic carbocycles. The summed E-state index contributed by atoms with van der Waals surface area (Å²) in [4.78, 5) is 34.1. The molecule has 4 N–H and O–H groups in total. The van der Waals surface area contributed by atoms with Gasteiger partial charge in [-0.25, -0.2) is 15.0 Å². The summed E-state index contributed by atoms with van der Waals surface area (Å²) in [5.41, 5.74) is 1.19. The molecule has 5 rings (SSSR count). The van der Waals surface area contributed by atoms with Gasteiger partial charge in [-0.15, -0.1) is 0 Å². The molecule has 0 spiro atoms. The van der Waals surface area contributed by atoms with Crippen LogP contribution in [0.4, 0.5) is 5.82 Å². The number of fused-ring (bicyclic) bond motifs is 1. The van der Waals surface area contributed by atoms with Crippen LogP contribution in [0.2, 0.25) is 0 Å². The van der Waals surface area contributed by atoms with E-state index >= 15 is 0 Å². The van der Waals surface area contributed by atoms with Gasteiger partial charge in [0.1, 0.15) is 17.9 Å². The molecule has 1 aliphatic rings. The fraction of sp³-hybridized carbons (Fsp3) is 0.381. The number of aliphatic hydroxyl groups is 2. The van der Waals surface area contributed by atoms with Gasteiger partial charge in [-0.1, -0.05) is 18.1 Å². The van der Waals surface area contributed by atoms with Crippen LogP contribution >= 0.6 is 0 Å². The number of nitrogens with one attached hydrogen (secondary N) is 2. The van der Waals surface area contributed by atoms with E-state index in [-0.39, 0.29) is 23.2 Å². The lowest BCUT2D eigenvalue weighted by atomic mass is 10.1. The molecule has 4 aromatic rings. The number of pyridine rings is 1. The van der Waals surface area contributed by atoms with E-state index in [0.29, 0.717) is 23.6 Å². The SMILES string of the molecule is CCCNc1nc(-c2noc(-c3ccccn3)n2)nc2c1ncn2[C@@H]1O[C@H](C(=O)NC)[C@@H](O)[C@H]1O. The van der Waals surface area contributed by atoms with Crippen LogP contribution in [0.25, 0.3) is 34.4 Å². The second-order valence-electron chi connectivity index (χ2n) is 7.83. The Labute approximate surface area is 198 Å². The van der Waals surface area contributed by atoms with Crippen molar-refractivity contribution in [1.29, 1.82) is 0 Å². The molecule has 0 bridgehead atoms. The van der Waals surface area contributed by atoms with E-state index in [9.17, 15) is 15.0 Å². The number of aromatic nitrogens is 7. The first kappa shape index (κ1) is 22.8. The molecular weight excluding hydrogens is 458 g/mol. The number of likely N-dealkylation sites (N-methyl/N-ethyl adjacent to an activating group) is 1. The van der Waals surface area contributed by atoms with E-state index in [2.05, 4.69) is 40.7 Å². The smallest absolute Gasteiger partial charge is 0.276 e. The summed E-state index contributed by atoms with van der Waals surface area (Å²) in [6.07, 6.45) is -1.36. The highest BCUT2D eigenvalue weighted by Gasteiger charge is 2.47. The van der Waals surface area contributed by atoms with Gasteiger partial charge < -0.3 is 30.1 Å². The highest BCUT2D eigenvalue weighted by Crippen LogP contribution is 2.33. The van der Waals surface area contributed by atoms with Gasteiger partial charge in [-0.2, -0.15) is 4.98 Å². The molecule has 0 unspecified atom stereocenters. The number of amides is 1. The van der Waals surface area contributed by atoms with E-state index in [1.54, 1.807) is 24.4 Å². The molecular formula is C21H23N9O5. The van der Waals surface area contributed by atoms with Crippen LogP contribution in [-0.2, 0) is 9.53 Å². The van der Waals surface area contributed by atoms with Crippen molar-refractivity contribution in [3.8, 4) is 23.2 Å². The lowest BCUT2D eigenvalue weighted by Gasteiger charge is -2.16. The average Bonchev–Trinajstić information content (AvgIpc) is 3.61. The first-order valence-electron chi connectivity index (χ1n) is 11.0. The van der Waals surface area contributed by atoms with Crippen molar-refractivity contribution in [2.45, 2.75) is 37.9 Å². The molecule has 0 saturated carbocycles. The molecule has 4 aromatic heterocycles. The Morgan fingerprint density at radius 3 is 2.74 bits per heavy atom. The summed E-state index contributed by atoms with van der Waals surface area (Å²) in [5.74, 6) is 0.325. The Bertz CT molecular complexity index is 1340. The van der Waals surface area contributed by atoms with E-state index in [1.165, 1.54) is 17.9 Å². The third kappa shape index (κ3) is 4.07. The zero-order valence-corrected chi connectivity index (χ0v) is 18.9. The molecule has 14 nitrogen and oxygen atoms in total. The maximum atomic E-state index is 12.1. The molecule has 1 fully saturated rings. The van der Waals surface area contributed by atoms with Crippen molar-refractivity contribution in [1.82, 2.24) is 40.0 Å². The average molecular weight is 481 g/mol. The van der Waals surface area contributed by atoms with Crippen LogP contribution in [0.5, 0.6) is 0 Å². The Morgan fingerprint density at radius 1 is 1.14 bits per heavy atom. The largest absolute Gasteiger partial charge is 0.387 e. The van der Waals surface area contributed by atoms with Crippen molar-refractivity contribution in [2.24, 2.45) is 0 Å². The van der Waals surface area contributed by atoms with Gasteiger partial charge >= 0.3 is 0 Å². The number of imidazole rings is 1. The van der Waals surface area contributed by atoms with Gasteiger partial charge in [0, 0.05) is 19.8 Å². The second kappa shape index (κ2) is 9.32. The number of rotatable bonds is 7. The lowest BCUT2D eigenvalue weighted by Crippen LogP contribution is -2.41. The fourth-order valence-corrected chi connectivity index (χ4v) is 3.73. The number of ether oxygens (including phenoxy) is 1. The first-order valence-corrected chi connectivity index (χ1v) is 11.0. The van der Waals surface area contributed by atoms with Gasteiger partial charge in [0.2, 0.25) is 11.6 Å². The molecule has 182 valence electrons. The topological polar surface area (TPSA) is 186 Å². The van der Waals surface area contributed by atoms with Gasteiger partial charge in [0.15, 0.2) is 29.3 Å². The summed E-state index contributed by atoms with van der Waals surface area (Å²) in [6, 6.07) is 5.31. The molecule has 0 radical (unpaired) electrons. The predicted octanol–water partition coefficient (Wildman–Crippen LogP) is 0.125. The van der Waals surface area contributed by atoms with Gasteiger partial charge in [0.05, 0.1) is 6.33 Å². The minimum Gasteiger partial charge on any atom is -0.387 e. The zero-order valence-electron chi connectivity index (χ0n) is 18.9. The van der Waals surface area contributed by atoms with Crippen molar-refractivity contribution in [2.75, 3.05) is 18.9 Å². The third-order valence-electron chi connectivity index (χ3n) is 5.49. The summed E-state index contributed by atoms with van der Waals surface area (Å²) in [7, 11) is 1.42. The van der Waals surface area contributed by atoms with Crippen molar-refractivity contribution in [3.05, 3.63) is 30.7 Å². The highest BCUT2D eigenvalue weighted by atomic mass is 16.6.